The van der Waals surface area contributed by atoms with Crippen LogP contribution in [-0.2, 0) is 0 Å². The minimum atomic E-state index is -0.525. The molecule has 0 aliphatic heterocycles. The summed E-state index contributed by atoms with van der Waals surface area (Å²) in [5, 5.41) is 12.9. The molecule has 0 saturated carbocycles. The number of hydrogen-bond acceptors (Lipinski definition) is 4. The summed E-state index contributed by atoms with van der Waals surface area (Å²) in [5.74, 6) is -0.948. The van der Waals surface area contributed by atoms with E-state index >= 15 is 0 Å². The van der Waals surface area contributed by atoms with Crippen LogP contribution in [0.5, 0.6) is 0 Å². The second-order valence-electron chi connectivity index (χ2n) is 3.57. The van der Waals surface area contributed by atoms with Crippen LogP contribution < -0.4 is 5.32 Å². The molecule has 0 fully saturated rings. The first-order valence-corrected chi connectivity index (χ1v) is 5.96. The zero-order valence-corrected chi connectivity index (χ0v) is 10.2. The van der Waals surface area contributed by atoms with Gasteiger partial charge in [-0.2, -0.15) is 5.26 Å². The number of aromatic nitrogens is 1. The summed E-state index contributed by atoms with van der Waals surface area (Å²) in [6, 6.07) is 4.40. The SMILES string of the molecule is Cc1c(F)cc(C#N)cc1NC(=O)c1cscn1. The molecule has 0 atom stereocenters. The van der Waals surface area contributed by atoms with Gasteiger partial charge in [-0.1, -0.05) is 0 Å². The van der Waals surface area contributed by atoms with Crippen LogP contribution in [0, 0.1) is 24.1 Å². The Morgan fingerprint density at radius 3 is 2.94 bits per heavy atom. The molecule has 90 valence electrons. The maximum Gasteiger partial charge on any atom is 0.275 e. The van der Waals surface area contributed by atoms with E-state index in [9.17, 15) is 9.18 Å². The number of nitrogens with one attached hydrogen (secondary N) is 1. The molecule has 1 N–H and O–H groups in total. The lowest BCUT2D eigenvalue weighted by molar-refractivity contribution is 0.102. The Balaban J connectivity index is 2.32. The van der Waals surface area contributed by atoms with E-state index in [2.05, 4.69) is 10.3 Å². The van der Waals surface area contributed by atoms with Gasteiger partial charge in [0.15, 0.2) is 0 Å². The van der Waals surface area contributed by atoms with E-state index in [1.807, 2.05) is 6.07 Å². The molecule has 2 aromatic rings. The van der Waals surface area contributed by atoms with Gasteiger partial charge in [-0.3, -0.25) is 4.79 Å². The monoisotopic (exact) mass is 261 g/mol. The third-order valence-corrected chi connectivity index (χ3v) is 2.97. The summed E-state index contributed by atoms with van der Waals surface area (Å²) >= 11 is 1.30. The van der Waals surface area contributed by atoms with E-state index in [0.29, 0.717) is 0 Å². The van der Waals surface area contributed by atoms with Crippen molar-refractivity contribution in [1.29, 1.82) is 5.26 Å². The lowest BCUT2D eigenvalue weighted by Gasteiger charge is -2.08. The molecule has 0 spiro atoms. The van der Waals surface area contributed by atoms with E-state index in [4.69, 9.17) is 5.26 Å². The number of halogens is 1. The molecule has 1 amide bonds. The molecule has 18 heavy (non-hydrogen) atoms. The summed E-state index contributed by atoms with van der Waals surface area (Å²) in [4.78, 5) is 15.6. The molecule has 6 heteroatoms. The van der Waals surface area contributed by atoms with Gasteiger partial charge in [0.25, 0.3) is 5.91 Å². The van der Waals surface area contributed by atoms with Gasteiger partial charge in [0, 0.05) is 16.6 Å². The summed E-state index contributed by atoms with van der Waals surface area (Å²) < 4.78 is 13.5. The van der Waals surface area contributed by atoms with Crippen LogP contribution in [0.25, 0.3) is 0 Å². The molecule has 2 rings (SSSR count). The van der Waals surface area contributed by atoms with E-state index < -0.39 is 11.7 Å². The van der Waals surface area contributed by atoms with Crippen molar-refractivity contribution in [2.24, 2.45) is 0 Å². The van der Waals surface area contributed by atoms with Gasteiger partial charge in [-0.25, -0.2) is 9.37 Å². The molecule has 0 unspecified atom stereocenters. The van der Waals surface area contributed by atoms with Gasteiger partial charge in [0.2, 0.25) is 0 Å². The van der Waals surface area contributed by atoms with Gasteiger partial charge < -0.3 is 5.32 Å². The van der Waals surface area contributed by atoms with Gasteiger partial charge in [-0.15, -0.1) is 11.3 Å². The third kappa shape index (κ3) is 2.36. The lowest BCUT2D eigenvalue weighted by Crippen LogP contribution is -2.13. The summed E-state index contributed by atoms with van der Waals surface area (Å²) in [6.45, 7) is 1.53. The van der Waals surface area contributed by atoms with Crippen molar-refractivity contribution >= 4 is 22.9 Å². The highest BCUT2D eigenvalue weighted by Gasteiger charge is 2.12. The molecule has 1 aromatic heterocycles. The highest BCUT2D eigenvalue weighted by molar-refractivity contribution is 7.07. The number of nitriles is 1. The van der Waals surface area contributed by atoms with Crippen molar-refractivity contribution in [3.63, 3.8) is 0 Å². The quantitative estimate of drug-likeness (QED) is 0.903. The summed E-state index contributed by atoms with van der Waals surface area (Å²) in [6.07, 6.45) is 0. The number of benzene rings is 1. The maximum atomic E-state index is 13.5. The first-order valence-electron chi connectivity index (χ1n) is 5.01. The largest absolute Gasteiger partial charge is 0.320 e. The molecule has 0 bridgehead atoms. The van der Waals surface area contributed by atoms with E-state index in [-0.39, 0.29) is 22.5 Å². The number of rotatable bonds is 2. The van der Waals surface area contributed by atoms with Gasteiger partial charge in [0.05, 0.1) is 17.1 Å². The van der Waals surface area contributed by atoms with Crippen molar-refractivity contribution in [1.82, 2.24) is 4.98 Å². The Hall–Kier alpha value is -2.26. The average molecular weight is 261 g/mol. The van der Waals surface area contributed by atoms with Crippen LogP contribution in [0.1, 0.15) is 21.6 Å². The number of nitrogens with zero attached hydrogens (tertiary/aromatic N) is 2. The summed E-state index contributed by atoms with van der Waals surface area (Å²) in [7, 11) is 0. The minimum absolute atomic E-state index is 0.159. The Kier molecular flexibility index (Phi) is 3.35. The van der Waals surface area contributed by atoms with E-state index in [1.54, 1.807) is 5.38 Å². The second-order valence-corrected chi connectivity index (χ2v) is 4.29. The number of amides is 1. The minimum Gasteiger partial charge on any atom is -0.320 e. The second kappa shape index (κ2) is 4.94. The van der Waals surface area contributed by atoms with Crippen molar-refractivity contribution in [3.05, 3.63) is 45.7 Å². The highest BCUT2D eigenvalue weighted by atomic mass is 32.1. The zero-order valence-electron chi connectivity index (χ0n) is 9.40. The molecular weight excluding hydrogens is 253 g/mol. The predicted octanol–water partition coefficient (Wildman–Crippen LogP) is 2.71. The Labute approximate surface area is 107 Å². The van der Waals surface area contributed by atoms with Gasteiger partial charge >= 0.3 is 0 Å². The summed E-state index contributed by atoms with van der Waals surface area (Å²) in [5.41, 5.74) is 2.53. The first kappa shape index (κ1) is 12.2. The maximum absolute atomic E-state index is 13.5. The van der Waals surface area contributed by atoms with E-state index in [1.165, 1.54) is 29.8 Å². The average Bonchev–Trinajstić information content (AvgIpc) is 2.88. The van der Waals surface area contributed by atoms with Crippen LogP contribution in [0.4, 0.5) is 10.1 Å². The van der Waals surface area contributed by atoms with E-state index in [0.717, 1.165) is 6.07 Å². The Morgan fingerprint density at radius 1 is 1.56 bits per heavy atom. The van der Waals surface area contributed by atoms with Gasteiger partial charge in [-0.05, 0) is 19.1 Å². The Bertz CT molecular complexity index is 632. The number of carbonyl (C=O) groups excluding carboxylic acids is 1. The smallest absolute Gasteiger partial charge is 0.275 e. The molecule has 1 heterocycles. The molecule has 1 aromatic carbocycles. The number of thiazole rings is 1. The first-order chi connectivity index (χ1) is 8.61. The fourth-order valence-corrected chi connectivity index (χ4v) is 1.92. The van der Waals surface area contributed by atoms with Crippen molar-refractivity contribution in [2.45, 2.75) is 6.92 Å². The topological polar surface area (TPSA) is 65.8 Å². The van der Waals surface area contributed by atoms with Crippen LogP contribution in [-0.4, -0.2) is 10.9 Å². The predicted molar refractivity (Wildman–Crippen MR) is 65.9 cm³/mol. The van der Waals surface area contributed by atoms with Gasteiger partial charge in [0.1, 0.15) is 11.5 Å². The number of hydrogen-bond donors (Lipinski definition) is 1. The van der Waals surface area contributed by atoms with Crippen molar-refractivity contribution in [3.8, 4) is 6.07 Å². The molecular formula is C12H8FN3OS. The van der Waals surface area contributed by atoms with Crippen molar-refractivity contribution in [2.75, 3.05) is 5.32 Å². The fourth-order valence-electron chi connectivity index (χ4n) is 1.38. The zero-order chi connectivity index (χ0) is 13.1. The van der Waals surface area contributed by atoms with Crippen LogP contribution in [0.15, 0.2) is 23.0 Å². The van der Waals surface area contributed by atoms with Crippen LogP contribution in [0.3, 0.4) is 0 Å². The normalized spacial score (nSPS) is 9.83. The van der Waals surface area contributed by atoms with Crippen LogP contribution in [0.2, 0.25) is 0 Å². The Morgan fingerprint density at radius 2 is 2.33 bits per heavy atom. The number of carbonyl (C=O) groups is 1. The number of anilines is 1. The molecule has 0 aliphatic rings. The highest BCUT2D eigenvalue weighted by Crippen LogP contribution is 2.21. The standard InChI is InChI=1S/C12H8FN3OS/c1-7-9(13)2-8(4-14)3-10(7)16-12(17)11-5-18-6-15-11/h2-3,5-6H,1H3,(H,16,17). The molecule has 0 radical (unpaired) electrons. The fraction of sp³-hybridized carbons (Fsp3) is 0.0833. The van der Waals surface area contributed by atoms with Crippen molar-refractivity contribution < 1.29 is 9.18 Å². The lowest BCUT2D eigenvalue weighted by atomic mass is 10.1. The third-order valence-electron chi connectivity index (χ3n) is 2.39. The molecule has 0 aliphatic carbocycles. The molecule has 0 saturated heterocycles. The van der Waals surface area contributed by atoms with Crippen LogP contribution >= 0.6 is 11.3 Å². The molecule has 4 nitrogen and oxygen atoms in total.